The minimum atomic E-state index is 1.15. The van der Waals surface area contributed by atoms with Crippen LogP contribution < -0.4 is 0 Å². The van der Waals surface area contributed by atoms with Gasteiger partial charge >= 0.3 is 0 Å². The van der Waals surface area contributed by atoms with Gasteiger partial charge in [-0.05, 0) is 24.5 Å². The van der Waals surface area contributed by atoms with Gasteiger partial charge < -0.3 is 4.57 Å². The predicted octanol–water partition coefficient (Wildman–Crippen LogP) is 3.24. The van der Waals surface area contributed by atoms with E-state index in [1.807, 2.05) is 0 Å². The zero-order chi connectivity index (χ0) is 8.81. The summed E-state index contributed by atoms with van der Waals surface area (Å²) in [5.74, 6) is 0. The monoisotopic (exact) mass is 165 g/mol. The van der Waals surface area contributed by atoms with Crippen molar-refractivity contribution in [3.05, 3.63) is 24.0 Å². The third kappa shape index (κ3) is 2.72. The Morgan fingerprint density at radius 1 is 1.25 bits per heavy atom. The van der Waals surface area contributed by atoms with Crippen molar-refractivity contribution in [3.8, 4) is 0 Å². The summed E-state index contributed by atoms with van der Waals surface area (Å²) >= 11 is 0. The van der Waals surface area contributed by atoms with Crippen LogP contribution in [0.5, 0.6) is 0 Å². The minimum Gasteiger partial charge on any atom is -0.354 e. The Morgan fingerprint density at radius 3 is 2.67 bits per heavy atom. The molecule has 0 aliphatic heterocycles. The van der Waals surface area contributed by atoms with Crippen LogP contribution in [0.1, 0.15) is 38.7 Å². The lowest BCUT2D eigenvalue weighted by Crippen LogP contribution is -1.93. The topological polar surface area (TPSA) is 4.93 Å². The van der Waals surface area contributed by atoms with Crippen LogP contribution in [0.3, 0.4) is 0 Å². The number of nitrogens with zero attached hydrogens (tertiary/aromatic N) is 1. The van der Waals surface area contributed by atoms with Crippen molar-refractivity contribution in [2.45, 2.75) is 46.1 Å². The number of aryl methyl sites for hydroxylation is 2. The maximum Gasteiger partial charge on any atom is 0.0219 e. The zero-order valence-corrected chi connectivity index (χ0v) is 8.21. The van der Waals surface area contributed by atoms with E-state index in [2.05, 4.69) is 36.9 Å². The second kappa shape index (κ2) is 5.02. The van der Waals surface area contributed by atoms with Crippen molar-refractivity contribution in [1.82, 2.24) is 4.57 Å². The van der Waals surface area contributed by atoms with E-state index in [0.29, 0.717) is 0 Å². The van der Waals surface area contributed by atoms with Crippen molar-refractivity contribution in [3.63, 3.8) is 0 Å². The highest BCUT2D eigenvalue weighted by Gasteiger charge is 1.93. The lowest BCUT2D eigenvalue weighted by molar-refractivity contribution is 0.604. The highest BCUT2D eigenvalue weighted by atomic mass is 14.9. The first-order valence-corrected chi connectivity index (χ1v) is 5.01. The molecule has 0 aliphatic rings. The van der Waals surface area contributed by atoms with E-state index < -0.39 is 0 Å². The molecule has 0 amide bonds. The smallest absolute Gasteiger partial charge is 0.0219 e. The highest BCUT2D eigenvalue weighted by molar-refractivity contribution is 5.09. The second-order valence-electron chi connectivity index (χ2n) is 3.32. The van der Waals surface area contributed by atoms with E-state index in [-0.39, 0.29) is 0 Å². The fourth-order valence-electron chi connectivity index (χ4n) is 1.38. The fraction of sp³-hybridized carbons (Fsp3) is 0.636. The Kier molecular flexibility index (Phi) is 3.92. The van der Waals surface area contributed by atoms with E-state index >= 15 is 0 Å². The SMILES string of the molecule is CCCCCn1ccc(CC)c1. The van der Waals surface area contributed by atoms with Gasteiger partial charge in [0.1, 0.15) is 0 Å². The molecule has 0 saturated carbocycles. The van der Waals surface area contributed by atoms with Gasteiger partial charge in [-0.3, -0.25) is 0 Å². The van der Waals surface area contributed by atoms with Crippen LogP contribution in [0.4, 0.5) is 0 Å². The first-order chi connectivity index (χ1) is 5.86. The van der Waals surface area contributed by atoms with E-state index in [4.69, 9.17) is 0 Å². The molecule has 1 heterocycles. The maximum absolute atomic E-state index is 2.30. The molecular formula is C11H19N. The van der Waals surface area contributed by atoms with Gasteiger partial charge in [0, 0.05) is 18.9 Å². The number of rotatable bonds is 5. The molecular weight excluding hydrogens is 146 g/mol. The first kappa shape index (κ1) is 9.37. The third-order valence-corrected chi connectivity index (χ3v) is 2.24. The molecule has 1 aromatic rings. The van der Waals surface area contributed by atoms with Crippen LogP contribution in [-0.4, -0.2) is 4.57 Å². The molecule has 1 heteroatoms. The van der Waals surface area contributed by atoms with Gasteiger partial charge in [0.2, 0.25) is 0 Å². The van der Waals surface area contributed by atoms with Crippen LogP contribution >= 0.6 is 0 Å². The summed E-state index contributed by atoms with van der Waals surface area (Å²) in [5.41, 5.74) is 1.45. The van der Waals surface area contributed by atoms with E-state index in [9.17, 15) is 0 Å². The molecule has 0 spiro atoms. The fourth-order valence-corrected chi connectivity index (χ4v) is 1.38. The molecule has 0 aromatic carbocycles. The highest BCUT2D eigenvalue weighted by Crippen LogP contribution is 2.04. The molecule has 0 N–H and O–H groups in total. The Balaban J connectivity index is 2.31. The predicted molar refractivity (Wildman–Crippen MR) is 53.3 cm³/mol. The number of hydrogen-bond acceptors (Lipinski definition) is 0. The molecule has 1 nitrogen and oxygen atoms in total. The number of hydrogen-bond donors (Lipinski definition) is 0. The first-order valence-electron chi connectivity index (χ1n) is 5.01. The molecule has 68 valence electrons. The van der Waals surface area contributed by atoms with Crippen molar-refractivity contribution < 1.29 is 0 Å². The van der Waals surface area contributed by atoms with Crippen molar-refractivity contribution >= 4 is 0 Å². The van der Waals surface area contributed by atoms with E-state index in [1.165, 1.54) is 31.4 Å². The quantitative estimate of drug-likeness (QED) is 0.590. The molecule has 1 aromatic heterocycles. The summed E-state index contributed by atoms with van der Waals surface area (Å²) in [7, 11) is 0. The standard InChI is InChI=1S/C11H19N/c1-3-5-6-8-12-9-7-11(4-2)10-12/h7,9-10H,3-6,8H2,1-2H3. The summed E-state index contributed by atoms with van der Waals surface area (Å²) in [6.45, 7) is 5.63. The summed E-state index contributed by atoms with van der Waals surface area (Å²) in [6, 6.07) is 2.21. The van der Waals surface area contributed by atoms with Crippen LogP contribution in [0, 0.1) is 0 Å². The largest absolute Gasteiger partial charge is 0.354 e. The molecule has 0 fully saturated rings. The van der Waals surface area contributed by atoms with E-state index in [1.54, 1.807) is 0 Å². The summed E-state index contributed by atoms with van der Waals surface area (Å²) in [6.07, 6.45) is 9.57. The van der Waals surface area contributed by atoms with Gasteiger partial charge in [-0.25, -0.2) is 0 Å². The lowest BCUT2D eigenvalue weighted by atomic mass is 10.2. The third-order valence-electron chi connectivity index (χ3n) is 2.24. The summed E-state index contributed by atoms with van der Waals surface area (Å²) in [4.78, 5) is 0. The van der Waals surface area contributed by atoms with Gasteiger partial charge in [0.25, 0.3) is 0 Å². The van der Waals surface area contributed by atoms with Crippen molar-refractivity contribution in [2.24, 2.45) is 0 Å². The van der Waals surface area contributed by atoms with Gasteiger partial charge in [-0.1, -0.05) is 26.7 Å². The Hall–Kier alpha value is -0.720. The molecule has 1 rings (SSSR count). The minimum absolute atomic E-state index is 1.15. The van der Waals surface area contributed by atoms with E-state index in [0.717, 1.165) is 6.42 Å². The van der Waals surface area contributed by atoms with Crippen LogP contribution in [0.15, 0.2) is 18.5 Å². The summed E-state index contributed by atoms with van der Waals surface area (Å²) in [5, 5.41) is 0. The average Bonchev–Trinajstić information content (AvgIpc) is 2.53. The van der Waals surface area contributed by atoms with Gasteiger partial charge in [0.05, 0.1) is 0 Å². The van der Waals surface area contributed by atoms with Gasteiger partial charge in [0.15, 0.2) is 0 Å². The lowest BCUT2D eigenvalue weighted by Gasteiger charge is -2.00. The molecule has 0 bridgehead atoms. The Morgan fingerprint density at radius 2 is 2.08 bits per heavy atom. The molecule has 0 aliphatic carbocycles. The molecule has 0 unspecified atom stereocenters. The van der Waals surface area contributed by atoms with Crippen LogP contribution in [0.2, 0.25) is 0 Å². The van der Waals surface area contributed by atoms with Crippen LogP contribution in [-0.2, 0) is 13.0 Å². The summed E-state index contributed by atoms with van der Waals surface area (Å²) < 4.78 is 2.30. The Labute approximate surface area is 75.4 Å². The Bertz CT molecular complexity index is 213. The van der Waals surface area contributed by atoms with Crippen molar-refractivity contribution in [2.75, 3.05) is 0 Å². The molecule has 0 atom stereocenters. The van der Waals surface area contributed by atoms with Crippen molar-refractivity contribution in [1.29, 1.82) is 0 Å². The van der Waals surface area contributed by atoms with Crippen LogP contribution in [0.25, 0.3) is 0 Å². The average molecular weight is 165 g/mol. The van der Waals surface area contributed by atoms with Gasteiger partial charge in [-0.2, -0.15) is 0 Å². The van der Waals surface area contributed by atoms with Gasteiger partial charge in [-0.15, -0.1) is 0 Å². The number of aromatic nitrogens is 1. The maximum atomic E-state index is 2.30. The molecule has 12 heavy (non-hydrogen) atoms. The molecule has 0 radical (unpaired) electrons. The number of unbranched alkanes of at least 4 members (excludes halogenated alkanes) is 2. The second-order valence-corrected chi connectivity index (χ2v) is 3.32. The molecule has 0 saturated heterocycles. The normalized spacial score (nSPS) is 10.5. The zero-order valence-electron chi connectivity index (χ0n) is 8.21.